The maximum absolute atomic E-state index is 12.5. The van der Waals surface area contributed by atoms with E-state index in [-0.39, 0.29) is 11.9 Å². The van der Waals surface area contributed by atoms with Crippen molar-refractivity contribution in [1.29, 1.82) is 0 Å². The molecule has 1 aliphatic heterocycles. The molecule has 1 aromatic carbocycles. The lowest BCUT2D eigenvalue weighted by molar-refractivity contribution is -0.132. The van der Waals surface area contributed by atoms with E-state index in [1.54, 1.807) is 0 Å². The highest BCUT2D eigenvalue weighted by molar-refractivity contribution is 5.77. The predicted molar refractivity (Wildman–Crippen MR) is 77.4 cm³/mol. The standard InChI is InChI=1S/C15H19N5O/c1-11-5-2-3-6-12(11)13-7-4-10-20(13)15(21)9-8-14-16-18-19-17-14/h2-3,5-6,13H,4,7-10H2,1H3,(H,16,17,18,19). The van der Waals surface area contributed by atoms with E-state index in [1.165, 1.54) is 11.1 Å². The summed E-state index contributed by atoms with van der Waals surface area (Å²) in [4.78, 5) is 14.5. The number of nitrogens with zero attached hydrogens (tertiary/aromatic N) is 4. The van der Waals surface area contributed by atoms with E-state index in [0.717, 1.165) is 19.4 Å². The molecule has 1 atom stereocenters. The number of aryl methyl sites for hydroxylation is 2. The average Bonchev–Trinajstić information content (AvgIpc) is 3.16. The predicted octanol–water partition coefficient (Wildman–Crippen LogP) is 1.80. The zero-order valence-electron chi connectivity index (χ0n) is 12.1. The molecule has 1 fully saturated rings. The van der Waals surface area contributed by atoms with Crippen molar-refractivity contribution >= 4 is 5.91 Å². The van der Waals surface area contributed by atoms with Gasteiger partial charge < -0.3 is 4.90 Å². The van der Waals surface area contributed by atoms with Crippen LogP contribution in [0.1, 0.15) is 42.3 Å². The largest absolute Gasteiger partial charge is 0.336 e. The molecule has 110 valence electrons. The molecule has 0 radical (unpaired) electrons. The van der Waals surface area contributed by atoms with Gasteiger partial charge in [0.25, 0.3) is 0 Å². The summed E-state index contributed by atoms with van der Waals surface area (Å²) in [5.41, 5.74) is 2.52. The number of aromatic nitrogens is 4. The van der Waals surface area contributed by atoms with E-state index in [0.29, 0.717) is 18.7 Å². The van der Waals surface area contributed by atoms with Crippen LogP contribution in [0, 0.1) is 6.92 Å². The molecule has 0 bridgehead atoms. The fourth-order valence-electron chi connectivity index (χ4n) is 3.00. The number of carbonyl (C=O) groups excluding carboxylic acids is 1. The Bertz CT molecular complexity index is 610. The molecular formula is C15H19N5O. The number of hydrogen-bond donors (Lipinski definition) is 1. The number of hydrogen-bond acceptors (Lipinski definition) is 4. The van der Waals surface area contributed by atoms with Gasteiger partial charge >= 0.3 is 0 Å². The molecule has 1 N–H and O–H groups in total. The lowest BCUT2D eigenvalue weighted by Gasteiger charge is -2.26. The van der Waals surface area contributed by atoms with Crippen LogP contribution in [0.15, 0.2) is 24.3 Å². The minimum atomic E-state index is 0.172. The van der Waals surface area contributed by atoms with Gasteiger partial charge in [-0.1, -0.05) is 29.5 Å². The number of H-pyrrole nitrogens is 1. The summed E-state index contributed by atoms with van der Waals surface area (Å²) in [7, 11) is 0. The average molecular weight is 285 g/mol. The fourth-order valence-corrected chi connectivity index (χ4v) is 3.00. The van der Waals surface area contributed by atoms with E-state index in [2.05, 4.69) is 39.7 Å². The van der Waals surface area contributed by atoms with Gasteiger partial charge in [-0.3, -0.25) is 4.79 Å². The van der Waals surface area contributed by atoms with E-state index in [4.69, 9.17) is 0 Å². The molecule has 21 heavy (non-hydrogen) atoms. The van der Waals surface area contributed by atoms with Crippen LogP contribution in [0.5, 0.6) is 0 Å². The van der Waals surface area contributed by atoms with E-state index >= 15 is 0 Å². The van der Waals surface area contributed by atoms with Crippen molar-refractivity contribution in [2.75, 3.05) is 6.54 Å². The van der Waals surface area contributed by atoms with Gasteiger partial charge in [0, 0.05) is 19.4 Å². The van der Waals surface area contributed by atoms with Crippen molar-refractivity contribution in [3.05, 3.63) is 41.2 Å². The molecule has 6 heteroatoms. The summed E-state index contributed by atoms with van der Waals surface area (Å²) < 4.78 is 0. The third-order valence-corrected chi connectivity index (χ3v) is 4.07. The third kappa shape index (κ3) is 2.94. The molecule has 6 nitrogen and oxygen atoms in total. The molecular weight excluding hydrogens is 266 g/mol. The van der Waals surface area contributed by atoms with Crippen molar-refractivity contribution in [3.63, 3.8) is 0 Å². The number of benzene rings is 1. The number of carbonyl (C=O) groups is 1. The smallest absolute Gasteiger partial charge is 0.223 e. The number of likely N-dealkylation sites (tertiary alicyclic amines) is 1. The Hall–Kier alpha value is -2.24. The van der Waals surface area contributed by atoms with Crippen LogP contribution in [0.25, 0.3) is 0 Å². The monoisotopic (exact) mass is 285 g/mol. The summed E-state index contributed by atoms with van der Waals surface area (Å²) in [5.74, 6) is 0.764. The SMILES string of the molecule is Cc1ccccc1C1CCCN1C(=O)CCc1nn[nH]n1. The highest BCUT2D eigenvalue weighted by Gasteiger charge is 2.30. The van der Waals surface area contributed by atoms with Crippen molar-refractivity contribution < 1.29 is 4.79 Å². The second-order valence-electron chi connectivity index (χ2n) is 5.43. The van der Waals surface area contributed by atoms with Crippen molar-refractivity contribution in [2.24, 2.45) is 0 Å². The van der Waals surface area contributed by atoms with Gasteiger partial charge in [0.05, 0.1) is 6.04 Å². The molecule has 1 aliphatic rings. The van der Waals surface area contributed by atoms with Gasteiger partial charge in [-0.05, 0) is 30.9 Å². The highest BCUT2D eigenvalue weighted by atomic mass is 16.2. The van der Waals surface area contributed by atoms with Gasteiger partial charge in [0.1, 0.15) is 0 Å². The Morgan fingerprint density at radius 1 is 1.43 bits per heavy atom. The Balaban J connectivity index is 1.69. The van der Waals surface area contributed by atoms with E-state index in [1.807, 2.05) is 17.0 Å². The summed E-state index contributed by atoms with van der Waals surface area (Å²) in [6.45, 7) is 2.94. The Labute approximate surface area is 123 Å². The van der Waals surface area contributed by atoms with Crippen LogP contribution in [0.3, 0.4) is 0 Å². The van der Waals surface area contributed by atoms with Gasteiger partial charge in [-0.25, -0.2) is 0 Å². The summed E-state index contributed by atoms with van der Waals surface area (Å²) in [6, 6.07) is 8.53. The lowest BCUT2D eigenvalue weighted by Crippen LogP contribution is -2.31. The van der Waals surface area contributed by atoms with Crippen LogP contribution < -0.4 is 0 Å². The van der Waals surface area contributed by atoms with Gasteiger partial charge in [-0.2, -0.15) is 5.21 Å². The normalized spacial score (nSPS) is 18.1. The number of aromatic amines is 1. The number of amides is 1. The first-order valence-electron chi connectivity index (χ1n) is 7.33. The summed E-state index contributed by atoms with van der Waals surface area (Å²) in [5, 5.41) is 13.7. The van der Waals surface area contributed by atoms with E-state index in [9.17, 15) is 4.79 Å². The highest BCUT2D eigenvalue weighted by Crippen LogP contribution is 2.34. The van der Waals surface area contributed by atoms with Crippen molar-refractivity contribution in [3.8, 4) is 0 Å². The van der Waals surface area contributed by atoms with Crippen LogP contribution in [0.4, 0.5) is 0 Å². The van der Waals surface area contributed by atoms with Crippen molar-refractivity contribution in [1.82, 2.24) is 25.5 Å². The van der Waals surface area contributed by atoms with Gasteiger partial charge in [0.2, 0.25) is 5.91 Å². The first-order chi connectivity index (χ1) is 10.3. The number of rotatable bonds is 4. The summed E-state index contributed by atoms with van der Waals surface area (Å²) in [6.07, 6.45) is 3.07. The van der Waals surface area contributed by atoms with E-state index < -0.39 is 0 Å². The Morgan fingerprint density at radius 2 is 2.29 bits per heavy atom. The Kier molecular flexibility index (Phi) is 3.94. The molecule has 1 amide bonds. The fraction of sp³-hybridized carbons (Fsp3) is 0.467. The quantitative estimate of drug-likeness (QED) is 0.929. The van der Waals surface area contributed by atoms with Crippen LogP contribution in [-0.2, 0) is 11.2 Å². The molecule has 0 aliphatic carbocycles. The molecule has 1 saturated heterocycles. The molecule has 0 spiro atoms. The molecule has 2 aromatic rings. The molecule has 2 heterocycles. The zero-order chi connectivity index (χ0) is 14.7. The number of tetrazole rings is 1. The molecule has 0 saturated carbocycles. The number of nitrogens with one attached hydrogen (secondary N) is 1. The Morgan fingerprint density at radius 3 is 3.05 bits per heavy atom. The lowest BCUT2D eigenvalue weighted by atomic mass is 9.99. The topological polar surface area (TPSA) is 74.8 Å². The van der Waals surface area contributed by atoms with Crippen LogP contribution in [-0.4, -0.2) is 38.0 Å². The maximum atomic E-state index is 12.5. The van der Waals surface area contributed by atoms with Gasteiger partial charge in [-0.15, -0.1) is 10.2 Å². The molecule has 3 rings (SSSR count). The maximum Gasteiger partial charge on any atom is 0.223 e. The molecule has 1 aromatic heterocycles. The second kappa shape index (κ2) is 6.03. The second-order valence-corrected chi connectivity index (χ2v) is 5.43. The van der Waals surface area contributed by atoms with Crippen LogP contribution >= 0.6 is 0 Å². The third-order valence-electron chi connectivity index (χ3n) is 4.07. The zero-order valence-corrected chi connectivity index (χ0v) is 12.1. The summed E-state index contributed by atoms with van der Waals surface area (Å²) >= 11 is 0. The minimum absolute atomic E-state index is 0.172. The van der Waals surface area contributed by atoms with Crippen LogP contribution in [0.2, 0.25) is 0 Å². The first-order valence-corrected chi connectivity index (χ1v) is 7.33. The van der Waals surface area contributed by atoms with Gasteiger partial charge in [0.15, 0.2) is 5.82 Å². The minimum Gasteiger partial charge on any atom is -0.336 e. The molecule has 1 unspecified atom stereocenters. The van der Waals surface area contributed by atoms with Crippen molar-refractivity contribution in [2.45, 2.75) is 38.6 Å². The first kappa shape index (κ1) is 13.7.